The first-order valence-corrected chi connectivity index (χ1v) is 10.1. The summed E-state index contributed by atoms with van der Waals surface area (Å²) in [6.07, 6.45) is 5.71. The van der Waals surface area contributed by atoms with Gasteiger partial charge in [0.05, 0.1) is 12.6 Å². The molecular formula is C22H22N6O2. The summed E-state index contributed by atoms with van der Waals surface area (Å²) in [6, 6.07) is 12.6. The van der Waals surface area contributed by atoms with Gasteiger partial charge < -0.3 is 10.6 Å². The molecule has 5 rings (SSSR count). The highest BCUT2D eigenvalue weighted by Crippen LogP contribution is 2.29. The number of fused-ring (bicyclic) bond motifs is 1. The molecule has 0 unspecified atom stereocenters. The Hall–Kier alpha value is -3.68. The van der Waals surface area contributed by atoms with Crippen molar-refractivity contribution < 1.29 is 9.59 Å². The Morgan fingerprint density at radius 2 is 2.03 bits per heavy atom. The molecule has 1 aromatic carbocycles. The van der Waals surface area contributed by atoms with Crippen molar-refractivity contribution >= 4 is 35.2 Å². The van der Waals surface area contributed by atoms with E-state index in [4.69, 9.17) is 4.98 Å². The summed E-state index contributed by atoms with van der Waals surface area (Å²) in [5, 5.41) is 13.7. The van der Waals surface area contributed by atoms with Crippen molar-refractivity contribution in [2.75, 3.05) is 10.6 Å². The molecule has 2 fully saturated rings. The van der Waals surface area contributed by atoms with E-state index in [1.807, 2.05) is 24.3 Å². The Balaban J connectivity index is 1.53. The van der Waals surface area contributed by atoms with Crippen LogP contribution in [-0.4, -0.2) is 32.5 Å². The van der Waals surface area contributed by atoms with E-state index in [2.05, 4.69) is 40.1 Å². The lowest BCUT2D eigenvalue weighted by Crippen LogP contribution is -2.19. The van der Waals surface area contributed by atoms with E-state index in [1.165, 1.54) is 0 Å². The van der Waals surface area contributed by atoms with Gasteiger partial charge in [0.2, 0.25) is 5.91 Å². The van der Waals surface area contributed by atoms with Crippen molar-refractivity contribution in [3.63, 3.8) is 0 Å². The van der Waals surface area contributed by atoms with Crippen LogP contribution in [0.15, 0.2) is 48.2 Å². The molecule has 1 aliphatic carbocycles. The maximum Gasteiger partial charge on any atom is 0.254 e. The number of hydrogen-bond acceptors (Lipinski definition) is 6. The number of aromatic nitrogens is 3. The van der Waals surface area contributed by atoms with Gasteiger partial charge in [0.25, 0.3) is 5.91 Å². The molecule has 1 saturated carbocycles. The number of nitrogens with one attached hydrogen (secondary N) is 3. The number of nitrogens with zero attached hydrogens (tertiary/aromatic N) is 3. The van der Waals surface area contributed by atoms with Gasteiger partial charge in [-0.15, -0.1) is 0 Å². The number of benzene rings is 1. The minimum Gasteiger partial charge on any atom is -0.367 e. The Morgan fingerprint density at radius 1 is 1.23 bits per heavy atom. The third-order valence-corrected chi connectivity index (χ3v) is 5.32. The molecule has 0 spiro atoms. The molecule has 2 aliphatic rings. The minimum atomic E-state index is -0.359. The number of carbonyl (C=O) groups is 2. The van der Waals surface area contributed by atoms with Crippen LogP contribution in [0.4, 0.5) is 11.6 Å². The number of carbonyl (C=O) groups excluding carboxylic acids is 2. The Morgan fingerprint density at radius 3 is 2.73 bits per heavy atom. The van der Waals surface area contributed by atoms with E-state index < -0.39 is 0 Å². The third kappa shape index (κ3) is 3.63. The number of hydrogen-bond donors (Lipinski definition) is 3. The van der Waals surface area contributed by atoms with E-state index in [9.17, 15) is 9.59 Å². The molecule has 3 N–H and O–H groups in total. The molecular weight excluding hydrogens is 380 g/mol. The smallest absolute Gasteiger partial charge is 0.254 e. The van der Waals surface area contributed by atoms with Crippen LogP contribution in [-0.2, 0) is 9.59 Å². The van der Waals surface area contributed by atoms with Gasteiger partial charge in [-0.3, -0.25) is 14.9 Å². The molecule has 1 atom stereocenters. The lowest BCUT2D eigenvalue weighted by molar-refractivity contribution is -0.124. The average molecular weight is 402 g/mol. The second-order valence-electron chi connectivity index (χ2n) is 7.78. The molecule has 8 nitrogen and oxygen atoms in total. The molecule has 152 valence electrons. The predicted molar refractivity (Wildman–Crippen MR) is 114 cm³/mol. The normalized spacial score (nSPS) is 18.6. The minimum absolute atomic E-state index is 0.0675. The zero-order valence-electron chi connectivity index (χ0n) is 16.6. The Bertz CT molecular complexity index is 1160. The summed E-state index contributed by atoms with van der Waals surface area (Å²) in [4.78, 5) is 28.2. The number of imide groups is 1. The topological polar surface area (TPSA) is 100 Å². The van der Waals surface area contributed by atoms with Gasteiger partial charge in [-0.1, -0.05) is 30.3 Å². The highest BCUT2D eigenvalue weighted by atomic mass is 16.2. The fourth-order valence-corrected chi connectivity index (χ4v) is 3.55. The maximum atomic E-state index is 12.0. The monoisotopic (exact) mass is 402 g/mol. The van der Waals surface area contributed by atoms with Crippen molar-refractivity contribution in [3.8, 4) is 0 Å². The second kappa shape index (κ2) is 7.29. The van der Waals surface area contributed by atoms with Crippen molar-refractivity contribution in [1.29, 1.82) is 0 Å². The molecule has 2 aromatic heterocycles. The molecule has 0 bridgehead atoms. The van der Waals surface area contributed by atoms with E-state index in [0.29, 0.717) is 28.6 Å². The van der Waals surface area contributed by atoms with E-state index >= 15 is 0 Å². The molecule has 30 heavy (non-hydrogen) atoms. The molecule has 1 aliphatic heterocycles. The van der Waals surface area contributed by atoms with Crippen LogP contribution in [0, 0.1) is 0 Å². The fourth-order valence-electron chi connectivity index (χ4n) is 3.55. The molecule has 0 radical (unpaired) electrons. The SMILES string of the molecule is C[C@H](Nc1cc(NC2CC2)n2ncc(/C=C3\CC(=O)NC3=O)c2n1)c1ccccc1. The van der Waals surface area contributed by atoms with E-state index in [1.54, 1.807) is 16.8 Å². The van der Waals surface area contributed by atoms with Crippen molar-refractivity contribution in [2.24, 2.45) is 0 Å². The molecule has 2 amide bonds. The second-order valence-corrected chi connectivity index (χ2v) is 7.78. The summed E-state index contributed by atoms with van der Waals surface area (Å²) < 4.78 is 1.75. The summed E-state index contributed by atoms with van der Waals surface area (Å²) in [6.45, 7) is 2.09. The predicted octanol–water partition coefficient (Wildman–Crippen LogP) is 2.91. The first kappa shape index (κ1) is 18.4. The first-order chi connectivity index (χ1) is 14.6. The van der Waals surface area contributed by atoms with Gasteiger partial charge in [0, 0.05) is 29.3 Å². The highest BCUT2D eigenvalue weighted by Gasteiger charge is 2.26. The number of anilines is 2. The molecule has 1 saturated heterocycles. The summed E-state index contributed by atoms with van der Waals surface area (Å²) in [5.41, 5.74) is 2.91. The summed E-state index contributed by atoms with van der Waals surface area (Å²) in [5.74, 6) is 0.921. The van der Waals surface area contributed by atoms with Crippen molar-refractivity contribution in [3.05, 3.63) is 59.3 Å². The van der Waals surface area contributed by atoms with Crippen LogP contribution in [0.3, 0.4) is 0 Å². The van der Waals surface area contributed by atoms with Gasteiger partial charge in [-0.2, -0.15) is 9.61 Å². The van der Waals surface area contributed by atoms with E-state index in [-0.39, 0.29) is 24.3 Å². The van der Waals surface area contributed by atoms with Crippen LogP contribution < -0.4 is 16.0 Å². The first-order valence-electron chi connectivity index (χ1n) is 10.1. The molecule has 3 heterocycles. The van der Waals surface area contributed by atoms with Gasteiger partial charge in [-0.05, 0) is 31.4 Å². The van der Waals surface area contributed by atoms with Crippen molar-refractivity contribution in [2.45, 2.75) is 38.3 Å². The zero-order chi connectivity index (χ0) is 20.7. The van der Waals surface area contributed by atoms with Gasteiger partial charge >= 0.3 is 0 Å². The van der Waals surface area contributed by atoms with Crippen LogP contribution >= 0.6 is 0 Å². The summed E-state index contributed by atoms with van der Waals surface area (Å²) in [7, 11) is 0. The number of rotatable bonds is 6. The van der Waals surface area contributed by atoms with Gasteiger partial charge in [-0.25, -0.2) is 4.98 Å². The fraction of sp³-hybridized carbons (Fsp3) is 0.273. The van der Waals surface area contributed by atoms with Crippen LogP contribution in [0.5, 0.6) is 0 Å². The van der Waals surface area contributed by atoms with E-state index in [0.717, 1.165) is 24.2 Å². The van der Waals surface area contributed by atoms with Crippen LogP contribution in [0.2, 0.25) is 0 Å². The number of amides is 2. The largest absolute Gasteiger partial charge is 0.367 e. The molecule has 8 heteroatoms. The average Bonchev–Trinajstić information content (AvgIpc) is 3.37. The zero-order valence-corrected chi connectivity index (χ0v) is 16.6. The van der Waals surface area contributed by atoms with Gasteiger partial charge in [0.1, 0.15) is 11.6 Å². The summed E-state index contributed by atoms with van der Waals surface area (Å²) >= 11 is 0. The Labute approximate surface area is 173 Å². The lowest BCUT2D eigenvalue weighted by Gasteiger charge is -2.17. The third-order valence-electron chi connectivity index (χ3n) is 5.32. The van der Waals surface area contributed by atoms with Crippen LogP contribution in [0.25, 0.3) is 11.7 Å². The van der Waals surface area contributed by atoms with Crippen LogP contribution in [0.1, 0.15) is 43.4 Å². The molecule has 3 aromatic rings. The van der Waals surface area contributed by atoms with Crippen molar-refractivity contribution in [1.82, 2.24) is 19.9 Å². The lowest BCUT2D eigenvalue weighted by atomic mass is 10.1. The quantitative estimate of drug-likeness (QED) is 0.433. The highest BCUT2D eigenvalue weighted by molar-refractivity contribution is 6.15. The maximum absolute atomic E-state index is 12.0. The standard InChI is InChI=1S/C22H22N6O2/c1-13(14-5-3-2-4-6-14)24-18-11-19(25-17-7-8-17)28-21(26-18)16(12-23-28)9-15-10-20(29)27-22(15)30/h2-6,9,11-13,17,25H,7-8,10H2,1H3,(H,24,26)(H,27,29,30)/b15-9+/t13-/m0/s1. The Kier molecular flexibility index (Phi) is 4.46. The van der Waals surface area contributed by atoms with Gasteiger partial charge in [0.15, 0.2) is 5.65 Å².